The van der Waals surface area contributed by atoms with Gasteiger partial charge in [0.15, 0.2) is 11.5 Å². The predicted octanol–water partition coefficient (Wildman–Crippen LogP) is 4.28. The first kappa shape index (κ1) is 28.2. The molecule has 1 heterocycles. The zero-order valence-electron chi connectivity index (χ0n) is 21.7. The highest BCUT2D eigenvalue weighted by Gasteiger charge is 2.37. The highest BCUT2D eigenvalue weighted by Crippen LogP contribution is 2.35. The van der Waals surface area contributed by atoms with Crippen molar-refractivity contribution in [2.24, 2.45) is 0 Å². The fourth-order valence-electron chi connectivity index (χ4n) is 4.07. The molecular formula is C29H23N3O9. The van der Waals surface area contributed by atoms with Gasteiger partial charge in [-0.3, -0.25) is 25.0 Å². The van der Waals surface area contributed by atoms with Gasteiger partial charge in [-0.1, -0.05) is 18.2 Å². The molecular weight excluding hydrogens is 534 g/mol. The molecule has 2 N–H and O–H groups in total. The molecule has 3 aromatic rings. The van der Waals surface area contributed by atoms with Gasteiger partial charge in [-0.05, 0) is 60.0 Å². The predicted molar refractivity (Wildman–Crippen MR) is 147 cm³/mol. The number of non-ortho nitro benzene ring substituents is 1. The van der Waals surface area contributed by atoms with E-state index in [4.69, 9.17) is 14.6 Å². The van der Waals surface area contributed by atoms with E-state index < -0.39 is 28.7 Å². The van der Waals surface area contributed by atoms with Crippen molar-refractivity contribution in [1.82, 2.24) is 5.32 Å². The van der Waals surface area contributed by atoms with Crippen LogP contribution in [-0.2, 0) is 22.6 Å². The third kappa shape index (κ3) is 6.11. The SMILES string of the molecule is C=CCc1cc(/C=C2\C(=O)NC(=O)N(c3ccc([N+](=O)[O-])cc3)C2=O)cc(OC)c1OCc1ccc(C(=O)O)cc1. The van der Waals surface area contributed by atoms with Crippen LogP contribution in [0.25, 0.3) is 6.08 Å². The summed E-state index contributed by atoms with van der Waals surface area (Å²) in [6.45, 7) is 3.87. The van der Waals surface area contributed by atoms with E-state index >= 15 is 0 Å². The number of urea groups is 1. The summed E-state index contributed by atoms with van der Waals surface area (Å²) in [6, 6.07) is 13.2. The topological polar surface area (TPSA) is 165 Å². The first-order chi connectivity index (χ1) is 19.6. The molecule has 208 valence electrons. The van der Waals surface area contributed by atoms with Crippen LogP contribution in [-0.4, -0.2) is 41.0 Å². The average molecular weight is 558 g/mol. The van der Waals surface area contributed by atoms with Gasteiger partial charge in [-0.2, -0.15) is 0 Å². The minimum Gasteiger partial charge on any atom is -0.493 e. The fourth-order valence-corrected chi connectivity index (χ4v) is 4.07. The summed E-state index contributed by atoms with van der Waals surface area (Å²) < 4.78 is 11.5. The number of carbonyl (C=O) groups is 4. The van der Waals surface area contributed by atoms with Gasteiger partial charge in [0.05, 0.1) is 23.3 Å². The van der Waals surface area contributed by atoms with Crippen molar-refractivity contribution in [3.05, 3.63) is 111 Å². The molecule has 0 aromatic heterocycles. The number of amides is 4. The number of carbonyl (C=O) groups excluding carboxylic acids is 3. The number of nitrogens with zero attached hydrogens (tertiary/aromatic N) is 2. The van der Waals surface area contributed by atoms with E-state index in [2.05, 4.69) is 11.9 Å². The number of methoxy groups -OCH3 is 1. The second-order valence-electron chi connectivity index (χ2n) is 8.73. The van der Waals surface area contributed by atoms with Crippen molar-refractivity contribution in [2.75, 3.05) is 12.0 Å². The Bertz CT molecular complexity index is 1590. The van der Waals surface area contributed by atoms with Crippen LogP contribution in [0.4, 0.5) is 16.2 Å². The van der Waals surface area contributed by atoms with Gasteiger partial charge in [-0.25, -0.2) is 14.5 Å². The molecule has 4 rings (SSSR count). The van der Waals surface area contributed by atoms with Gasteiger partial charge in [0, 0.05) is 17.7 Å². The Morgan fingerprint density at radius 2 is 1.78 bits per heavy atom. The normalized spacial score (nSPS) is 14.0. The molecule has 0 unspecified atom stereocenters. The van der Waals surface area contributed by atoms with E-state index in [0.29, 0.717) is 39.5 Å². The highest BCUT2D eigenvalue weighted by molar-refractivity contribution is 6.39. The minimum absolute atomic E-state index is 0.0431. The summed E-state index contributed by atoms with van der Waals surface area (Å²) in [4.78, 5) is 60.6. The number of rotatable bonds is 10. The molecule has 0 saturated carbocycles. The van der Waals surface area contributed by atoms with Crippen molar-refractivity contribution < 1.29 is 38.7 Å². The third-order valence-corrected chi connectivity index (χ3v) is 6.05. The highest BCUT2D eigenvalue weighted by atomic mass is 16.6. The average Bonchev–Trinajstić information content (AvgIpc) is 2.95. The minimum atomic E-state index is -1.04. The number of nitro benzene ring substituents is 1. The van der Waals surface area contributed by atoms with Crippen LogP contribution in [0.1, 0.15) is 27.0 Å². The second-order valence-corrected chi connectivity index (χ2v) is 8.73. The molecule has 0 radical (unpaired) electrons. The number of aromatic carboxylic acids is 1. The molecule has 12 nitrogen and oxygen atoms in total. The van der Waals surface area contributed by atoms with E-state index in [1.165, 1.54) is 37.5 Å². The number of carboxylic acid groups (broad SMARTS) is 1. The number of hydrogen-bond acceptors (Lipinski definition) is 8. The molecule has 1 aliphatic heterocycles. The van der Waals surface area contributed by atoms with Gasteiger partial charge >= 0.3 is 12.0 Å². The molecule has 0 aliphatic carbocycles. The molecule has 0 bridgehead atoms. The quantitative estimate of drug-likeness (QED) is 0.122. The summed E-state index contributed by atoms with van der Waals surface area (Å²) in [6.07, 6.45) is 3.27. The molecule has 0 atom stereocenters. The third-order valence-electron chi connectivity index (χ3n) is 6.05. The molecule has 0 spiro atoms. The van der Waals surface area contributed by atoms with Crippen molar-refractivity contribution in [3.63, 3.8) is 0 Å². The molecule has 1 fully saturated rings. The summed E-state index contributed by atoms with van der Waals surface area (Å²) in [7, 11) is 1.42. The lowest BCUT2D eigenvalue weighted by atomic mass is 10.0. The van der Waals surface area contributed by atoms with Crippen LogP contribution in [0.5, 0.6) is 11.5 Å². The van der Waals surface area contributed by atoms with E-state index in [1.54, 1.807) is 30.3 Å². The monoisotopic (exact) mass is 557 g/mol. The first-order valence-corrected chi connectivity index (χ1v) is 12.1. The number of ether oxygens (including phenoxy) is 2. The summed E-state index contributed by atoms with van der Waals surface area (Å²) in [5.41, 5.74) is 1.35. The smallest absolute Gasteiger partial charge is 0.335 e. The first-order valence-electron chi connectivity index (χ1n) is 12.1. The van der Waals surface area contributed by atoms with E-state index in [-0.39, 0.29) is 29.1 Å². The molecule has 3 aromatic carbocycles. The fraction of sp³-hybridized carbons (Fsp3) is 0.103. The summed E-state index contributed by atoms with van der Waals surface area (Å²) >= 11 is 0. The Hall–Kier alpha value is -5.78. The van der Waals surface area contributed by atoms with Crippen LogP contribution in [0.15, 0.2) is 78.9 Å². The lowest BCUT2D eigenvalue weighted by Gasteiger charge is -2.26. The number of carboxylic acids is 1. The van der Waals surface area contributed by atoms with Crippen LogP contribution in [0.3, 0.4) is 0 Å². The molecule has 1 saturated heterocycles. The molecule has 41 heavy (non-hydrogen) atoms. The lowest BCUT2D eigenvalue weighted by molar-refractivity contribution is -0.384. The van der Waals surface area contributed by atoms with Gasteiger partial charge in [0.1, 0.15) is 12.2 Å². The summed E-state index contributed by atoms with van der Waals surface area (Å²) in [5, 5.41) is 22.2. The second kappa shape index (κ2) is 11.9. The Balaban J connectivity index is 1.66. The van der Waals surface area contributed by atoms with Crippen molar-refractivity contribution >= 4 is 41.3 Å². The van der Waals surface area contributed by atoms with Gasteiger partial charge in [0.25, 0.3) is 17.5 Å². The molecule has 1 aliphatic rings. The standard InChI is InChI=1S/C29H23N3O9/c1-3-4-20-13-18(15-24(40-2)25(20)41-16-17-5-7-19(8-6-17)28(35)36)14-23-26(33)30-29(37)31(27(23)34)21-9-11-22(12-10-21)32(38)39/h3,5-15H,1,4,16H2,2H3,(H,35,36)(H,30,33,37)/b23-14+. The van der Waals surface area contributed by atoms with Crippen molar-refractivity contribution in [2.45, 2.75) is 13.0 Å². The zero-order valence-corrected chi connectivity index (χ0v) is 21.7. The Morgan fingerprint density at radius 1 is 1.10 bits per heavy atom. The largest absolute Gasteiger partial charge is 0.493 e. The van der Waals surface area contributed by atoms with Crippen LogP contribution < -0.4 is 19.7 Å². The van der Waals surface area contributed by atoms with Crippen molar-refractivity contribution in [1.29, 1.82) is 0 Å². The number of nitrogens with one attached hydrogen (secondary N) is 1. The Kier molecular flexibility index (Phi) is 8.23. The number of nitro groups is 1. The number of hydrogen-bond donors (Lipinski definition) is 2. The zero-order chi connectivity index (χ0) is 29.7. The van der Waals surface area contributed by atoms with E-state index in [1.807, 2.05) is 0 Å². The lowest BCUT2D eigenvalue weighted by Crippen LogP contribution is -2.54. The maximum absolute atomic E-state index is 13.3. The van der Waals surface area contributed by atoms with E-state index in [0.717, 1.165) is 12.1 Å². The van der Waals surface area contributed by atoms with Crippen LogP contribution >= 0.6 is 0 Å². The molecule has 4 amide bonds. The Labute approximate surface area is 233 Å². The van der Waals surface area contributed by atoms with Gasteiger partial charge < -0.3 is 14.6 Å². The van der Waals surface area contributed by atoms with Crippen LogP contribution in [0.2, 0.25) is 0 Å². The number of benzene rings is 3. The van der Waals surface area contributed by atoms with E-state index in [9.17, 15) is 29.3 Å². The van der Waals surface area contributed by atoms with Crippen LogP contribution in [0, 0.1) is 10.1 Å². The molecule has 12 heteroatoms. The van der Waals surface area contributed by atoms with Gasteiger partial charge in [-0.15, -0.1) is 6.58 Å². The maximum atomic E-state index is 13.3. The maximum Gasteiger partial charge on any atom is 0.335 e. The number of allylic oxidation sites excluding steroid dienone is 1. The number of anilines is 1. The van der Waals surface area contributed by atoms with Crippen molar-refractivity contribution in [3.8, 4) is 11.5 Å². The van der Waals surface area contributed by atoms with Gasteiger partial charge in [0.2, 0.25) is 0 Å². The number of barbiturate groups is 1. The number of imide groups is 2. The summed E-state index contributed by atoms with van der Waals surface area (Å²) in [5.74, 6) is -2.18. The Morgan fingerprint density at radius 3 is 2.37 bits per heavy atom.